The molecular formula is C27H31F5N4O7. The van der Waals surface area contributed by atoms with Gasteiger partial charge < -0.3 is 36.4 Å². The fourth-order valence-corrected chi connectivity index (χ4v) is 6.34. The van der Waals surface area contributed by atoms with Gasteiger partial charge in [0.2, 0.25) is 5.78 Å². The summed E-state index contributed by atoms with van der Waals surface area (Å²) in [6.07, 6.45) is -5.99. The molecule has 0 heterocycles. The molecule has 0 spiro atoms. The van der Waals surface area contributed by atoms with Gasteiger partial charge in [-0.2, -0.15) is 22.0 Å². The molecule has 0 aliphatic heterocycles. The number of anilines is 1. The number of amides is 1. The minimum atomic E-state index is -5.82. The molecule has 1 aromatic rings. The van der Waals surface area contributed by atoms with Crippen LogP contribution < -0.4 is 16.0 Å². The van der Waals surface area contributed by atoms with Crippen LogP contribution in [-0.2, 0) is 22.6 Å². The minimum absolute atomic E-state index is 0.0323. The number of hydrogen-bond donors (Lipinski definition) is 6. The van der Waals surface area contributed by atoms with Crippen molar-refractivity contribution >= 4 is 23.2 Å². The number of primary amides is 1. The van der Waals surface area contributed by atoms with E-state index >= 15 is 0 Å². The summed E-state index contributed by atoms with van der Waals surface area (Å²) < 4.78 is 64.7. The van der Waals surface area contributed by atoms with Crippen molar-refractivity contribution in [2.75, 3.05) is 39.6 Å². The maximum atomic E-state index is 13.9. The number of nitrogens with zero attached hydrogens (tertiary/aromatic N) is 2. The van der Waals surface area contributed by atoms with Crippen LogP contribution in [0.1, 0.15) is 27.9 Å². The summed E-state index contributed by atoms with van der Waals surface area (Å²) in [6.45, 7) is -2.51. The number of carbonyl (C=O) groups excluding carboxylic acids is 3. The van der Waals surface area contributed by atoms with E-state index in [4.69, 9.17) is 5.73 Å². The van der Waals surface area contributed by atoms with E-state index in [0.29, 0.717) is 5.69 Å². The van der Waals surface area contributed by atoms with E-state index < -0.39 is 100 Å². The van der Waals surface area contributed by atoms with Crippen LogP contribution >= 0.6 is 0 Å². The number of nitrogens with one attached hydrogen (secondary N) is 1. The molecule has 11 nitrogen and oxygen atoms in total. The number of ketones is 2. The predicted octanol–water partition coefficient (Wildman–Crippen LogP) is 1.47. The molecule has 0 bridgehead atoms. The quantitative estimate of drug-likeness (QED) is 0.194. The summed E-state index contributed by atoms with van der Waals surface area (Å²) in [5.74, 6) is -13.5. The highest BCUT2D eigenvalue weighted by Gasteiger charge is 2.63. The van der Waals surface area contributed by atoms with Crippen LogP contribution in [-0.4, -0.2) is 101 Å². The van der Waals surface area contributed by atoms with Gasteiger partial charge in [-0.05, 0) is 44.5 Å². The number of allylic oxidation sites excluding steroid dienone is 1. The van der Waals surface area contributed by atoms with Crippen LogP contribution in [0.25, 0.3) is 0 Å². The molecule has 43 heavy (non-hydrogen) atoms. The number of Topliss-reactive ketones (excluding diaryl/α,β-unsaturated/α-hetero) is 2. The number of rotatable bonds is 7. The largest absolute Gasteiger partial charge is 0.510 e. The van der Waals surface area contributed by atoms with Gasteiger partial charge in [-0.25, -0.2) is 0 Å². The smallest absolute Gasteiger partial charge is 0.454 e. The topological polar surface area (TPSA) is 177 Å². The van der Waals surface area contributed by atoms with Crippen molar-refractivity contribution in [3.8, 4) is 5.75 Å². The van der Waals surface area contributed by atoms with Crippen molar-refractivity contribution in [2.45, 2.75) is 43.1 Å². The maximum Gasteiger partial charge on any atom is 0.454 e. The SMILES string of the molecule is CN(C)c1cc(CNCC(F)(F)C(F)(F)F)c(O)c2c1C[C@H]1C[C@H]3[C@H](N(C)C)C(O)=C(C(N)=O)C(=O)[C@@]3(O)C(O)=C1C2=O. The average Bonchev–Trinajstić information content (AvgIpc) is 2.86. The molecule has 0 saturated carbocycles. The van der Waals surface area contributed by atoms with Gasteiger partial charge in [0, 0.05) is 43.4 Å². The second-order valence-corrected chi connectivity index (χ2v) is 11.4. The van der Waals surface area contributed by atoms with E-state index in [1.54, 1.807) is 14.1 Å². The molecule has 0 fully saturated rings. The Hall–Kier alpha value is -3.76. The van der Waals surface area contributed by atoms with E-state index in [0.717, 1.165) is 0 Å². The van der Waals surface area contributed by atoms with Gasteiger partial charge in [0.15, 0.2) is 11.4 Å². The Morgan fingerprint density at radius 2 is 1.72 bits per heavy atom. The van der Waals surface area contributed by atoms with E-state index in [2.05, 4.69) is 0 Å². The highest BCUT2D eigenvalue weighted by Crippen LogP contribution is 2.53. The Kier molecular flexibility index (Phi) is 7.82. The van der Waals surface area contributed by atoms with Gasteiger partial charge in [0.1, 0.15) is 22.8 Å². The summed E-state index contributed by atoms with van der Waals surface area (Å²) in [6, 6.07) is 0.157. The molecule has 236 valence electrons. The number of fused-ring (bicyclic) bond motifs is 3. The summed E-state index contributed by atoms with van der Waals surface area (Å²) in [7, 11) is 6.14. The van der Waals surface area contributed by atoms with Gasteiger partial charge in [0.25, 0.3) is 5.91 Å². The number of hydrogen-bond acceptors (Lipinski definition) is 10. The normalized spacial score (nSPS) is 26.0. The summed E-state index contributed by atoms with van der Waals surface area (Å²) in [5, 5.41) is 46.9. The van der Waals surface area contributed by atoms with Crippen LogP contribution in [0.3, 0.4) is 0 Å². The lowest BCUT2D eigenvalue weighted by Crippen LogP contribution is -2.63. The van der Waals surface area contributed by atoms with Crippen LogP contribution in [0.2, 0.25) is 0 Å². The minimum Gasteiger partial charge on any atom is -0.510 e. The molecule has 0 aromatic heterocycles. The number of phenolic OH excluding ortho intramolecular Hbond substituents is 1. The van der Waals surface area contributed by atoms with Gasteiger partial charge in [-0.1, -0.05) is 0 Å². The van der Waals surface area contributed by atoms with Crippen molar-refractivity contribution in [1.82, 2.24) is 10.2 Å². The zero-order chi connectivity index (χ0) is 32.6. The van der Waals surface area contributed by atoms with E-state index in [9.17, 15) is 56.8 Å². The summed E-state index contributed by atoms with van der Waals surface area (Å²) in [5.41, 5.74) is 1.04. The van der Waals surface area contributed by atoms with Crippen LogP contribution in [0.4, 0.5) is 27.6 Å². The predicted molar refractivity (Wildman–Crippen MR) is 141 cm³/mol. The van der Waals surface area contributed by atoms with Gasteiger partial charge in [-0.3, -0.25) is 19.3 Å². The molecule has 0 saturated heterocycles. The molecule has 4 rings (SSSR count). The molecule has 0 unspecified atom stereocenters. The van der Waals surface area contributed by atoms with Crippen LogP contribution in [0.15, 0.2) is 28.7 Å². The van der Waals surface area contributed by atoms with E-state index in [-0.39, 0.29) is 24.0 Å². The molecular weight excluding hydrogens is 587 g/mol. The second kappa shape index (κ2) is 10.4. The number of carbonyl (C=O) groups is 3. The number of aliphatic hydroxyl groups is 3. The van der Waals surface area contributed by atoms with E-state index in [1.807, 2.05) is 5.32 Å². The third-order valence-corrected chi connectivity index (χ3v) is 8.34. The van der Waals surface area contributed by atoms with Crippen molar-refractivity contribution in [2.24, 2.45) is 17.6 Å². The van der Waals surface area contributed by atoms with Crippen molar-refractivity contribution in [3.63, 3.8) is 0 Å². The Balaban J connectivity index is 1.85. The molecule has 3 aliphatic carbocycles. The third kappa shape index (κ3) is 4.80. The number of nitrogens with two attached hydrogens (primary N) is 1. The van der Waals surface area contributed by atoms with Crippen molar-refractivity contribution < 1.29 is 56.8 Å². The lowest BCUT2D eigenvalue weighted by atomic mass is 9.58. The molecule has 16 heteroatoms. The lowest BCUT2D eigenvalue weighted by molar-refractivity contribution is -0.279. The number of benzene rings is 1. The first-order chi connectivity index (χ1) is 19.7. The third-order valence-electron chi connectivity index (χ3n) is 8.34. The highest BCUT2D eigenvalue weighted by molar-refractivity contribution is 6.24. The molecule has 1 amide bonds. The highest BCUT2D eigenvalue weighted by atomic mass is 19.4. The number of alkyl halides is 5. The van der Waals surface area contributed by atoms with Crippen LogP contribution in [0.5, 0.6) is 5.75 Å². The van der Waals surface area contributed by atoms with Crippen molar-refractivity contribution in [3.05, 3.63) is 45.4 Å². The van der Waals surface area contributed by atoms with Crippen LogP contribution in [0, 0.1) is 11.8 Å². The Morgan fingerprint density at radius 1 is 1.12 bits per heavy atom. The number of aromatic hydroxyl groups is 1. The number of aliphatic hydroxyl groups excluding tert-OH is 2. The van der Waals surface area contributed by atoms with Crippen molar-refractivity contribution in [1.29, 1.82) is 0 Å². The first-order valence-corrected chi connectivity index (χ1v) is 13.0. The fraction of sp³-hybridized carbons (Fsp3) is 0.519. The fourth-order valence-electron chi connectivity index (χ4n) is 6.34. The monoisotopic (exact) mass is 618 g/mol. The Labute approximate surface area is 242 Å². The second-order valence-electron chi connectivity index (χ2n) is 11.4. The lowest BCUT2D eigenvalue weighted by Gasteiger charge is -2.50. The molecule has 1 aromatic carbocycles. The number of halogens is 5. The van der Waals surface area contributed by atoms with Gasteiger partial charge >= 0.3 is 12.1 Å². The first-order valence-electron chi connectivity index (χ1n) is 13.0. The summed E-state index contributed by atoms with van der Waals surface area (Å²) in [4.78, 5) is 42.3. The maximum absolute atomic E-state index is 13.9. The Bertz CT molecular complexity index is 1470. The van der Waals surface area contributed by atoms with E-state index in [1.165, 1.54) is 30.0 Å². The standard InChI is InChI=1S/C27H31F5N4O7/c1-35(2)14-7-11(8-34-9-25(28,29)27(30,31)32)19(37)16-12(14)5-10-6-13-18(36(3)4)21(39)17(24(33)42)23(41)26(13,43)22(40)15(10)20(16)38/h7,10,13,18,34,37,39-40,43H,5-6,8-9H2,1-4H3,(H2,33,42)/t10-,13-,18-,26-/m0/s1. The zero-order valence-electron chi connectivity index (χ0n) is 23.5. The van der Waals surface area contributed by atoms with Gasteiger partial charge in [0.05, 0.1) is 18.2 Å². The molecule has 3 aliphatic rings. The number of likely N-dealkylation sites (N-methyl/N-ethyl adjacent to an activating group) is 1. The van der Waals surface area contributed by atoms with Gasteiger partial charge in [-0.15, -0.1) is 0 Å². The zero-order valence-corrected chi connectivity index (χ0v) is 23.5. The Morgan fingerprint density at radius 3 is 2.23 bits per heavy atom. The molecule has 4 atom stereocenters. The molecule has 7 N–H and O–H groups in total. The first kappa shape index (κ1) is 32.2. The molecule has 0 radical (unpaired) electrons. The number of phenols is 1. The summed E-state index contributed by atoms with van der Waals surface area (Å²) >= 11 is 0. The average molecular weight is 619 g/mol.